The highest BCUT2D eigenvalue weighted by Gasteiger charge is 2.13. The first-order valence-electron chi connectivity index (χ1n) is 5.88. The number of fused-ring (bicyclic) bond motifs is 1. The van der Waals surface area contributed by atoms with Crippen LogP contribution in [0.5, 0.6) is 0 Å². The number of aryl methyl sites for hydroxylation is 1. The Balaban J connectivity index is 2.38. The van der Waals surface area contributed by atoms with Crippen LogP contribution in [-0.2, 0) is 6.54 Å². The summed E-state index contributed by atoms with van der Waals surface area (Å²) in [7, 11) is 0. The Morgan fingerprint density at radius 1 is 1.29 bits per heavy atom. The highest BCUT2D eigenvalue weighted by Crippen LogP contribution is 2.25. The van der Waals surface area contributed by atoms with Gasteiger partial charge in [0.05, 0.1) is 0 Å². The first kappa shape index (κ1) is 12.7. The third-order valence-corrected chi connectivity index (χ3v) is 3.37. The number of hydrogen-bond acceptors (Lipinski definition) is 1. The Hall–Kier alpha value is -0.800. The van der Waals surface area contributed by atoms with Crippen LogP contribution in [0.2, 0.25) is 0 Å². The van der Waals surface area contributed by atoms with E-state index in [0.717, 1.165) is 11.0 Å². The largest absolute Gasteiger partial charge is 0.358 e. The predicted octanol–water partition coefficient (Wildman–Crippen LogP) is 4.13. The van der Waals surface area contributed by atoms with Gasteiger partial charge in [0.2, 0.25) is 0 Å². The molecule has 2 N–H and O–H groups in total. The maximum absolute atomic E-state index is 3.54. The first-order chi connectivity index (χ1) is 7.87. The van der Waals surface area contributed by atoms with E-state index >= 15 is 0 Å². The molecule has 0 aliphatic rings. The molecule has 92 valence electrons. The second kappa shape index (κ2) is 4.46. The van der Waals surface area contributed by atoms with Gasteiger partial charge >= 0.3 is 0 Å². The third kappa shape index (κ3) is 2.90. The lowest BCUT2D eigenvalue weighted by atomic mass is 10.1. The Morgan fingerprint density at radius 2 is 2.00 bits per heavy atom. The van der Waals surface area contributed by atoms with Gasteiger partial charge in [0.15, 0.2) is 0 Å². The summed E-state index contributed by atoms with van der Waals surface area (Å²) in [5.74, 6) is 0. The molecule has 2 nitrogen and oxygen atoms in total. The van der Waals surface area contributed by atoms with Gasteiger partial charge in [0.25, 0.3) is 0 Å². The summed E-state index contributed by atoms with van der Waals surface area (Å²) in [6.45, 7) is 9.59. The van der Waals surface area contributed by atoms with Crippen molar-refractivity contribution in [3.05, 3.63) is 33.9 Å². The standard InChI is InChI=1S/C14H19BrN2/c1-9-12(8-16-14(2,3)4)11-7-10(15)5-6-13(11)17-9/h5-7,16-17H,8H2,1-4H3. The molecule has 0 fully saturated rings. The van der Waals surface area contributed by atoms with Gasteiger partial charge in [-0.3, -0.25) is 0 Å². The van der Waals surface area contributed by atoms with Crippen molar-refractivity contribution >= 4 is 26.8 Å². The Labute approximate surface area is 111 Å². The van der Waals surface area contributed by atoms with Crippen LogP contribution in [0.1, 0.15) is 32.0 Å². The van der Waals surface area contributed by atoms with Crippen LogP contribution >= 0.6 is 15.9 Å². The van der Waals surface area contributed by atoms with E-state index in [1.807, 2.05) is 0 Å². The number of aromatic amines is 1. The molecule has 0 saturated heterocycles. The Bertz CT molecular complexity index is 535. The number of aromatic nitrogens is 1. The van der Waals surface area contributed by atoms with Gasteiger partial charge in [0, 0.05) is 33.2 Å². The van der Waals surface area contributed by atoms with E-state index in [2.05, 4.69) is 72.1 Å². The van der Waals surface area contributed by atoms with Crippen molar-refractivity contribution in [3.8, 4) is 0 Å². The van der Waals surface area contributed by atoms with Gasteiger partial charge in [-0.25, -0.2) is 0 Å². The SMILES string of the molecule is Cc1[nH]c2ccc(Br)cc2c1CNC(C)(C)C. The monoisotopic (exact) mass is 294 g/mol. The Kier molecular flexibility index (Phi) is 3.32. The molecule has 1 aromatic carbocycles. The van der Waals surface area contributed by atoms with Gasteiger partial charge in [-0.1, -0.05) is 15.9 Å². The molecule has 0 bridgehead atoms. The summed E-state index contributed by atoms with van der Waals surface area (Å²) in [4.78, 5) is 3.43. The van der Waals surface area contributed by atoms with Crippen LogP contribution in [0, 0.1) is 6.92 Å². The summed E-state index contributed by atoms with van der Waals surface area (Å²) < 4.78 is 1.13. The van der Waals surface area contributed by atoms with Crippen molar-refractivity contribution in [2.45, 2.75) is 39.8 Å². The van der Waals surface area contributed by atoms with E-state index in [-0.39, 0.29) is 5.54 Å². The molecule has 0 atom stereocenters. The van der Waals surface area contributed by atoms with Crippen molar-refractivity contribution in [1.82, 2.24) is 10.3 Å². The first-order valence-corrected chi connectivity index (χ1v) is 6.68. The van der Waals surface area contributed by atoms with E-state index < -0.39 is 0 Å². The lowest BCUT2D eigenvalue weighted by Gasteiger charge is -2.20. The summed E-state index contributed by atoms with van der Waals surface area (Å²) in [6, 6.07) is 6.37. The topological polar surface area (TPSA) is 27.8 Å². The quantitative estimate of drug-likeness (QED) is 0.856. The van der Waals surface area contributed by atoms with Gasteiger partial charge in [-0.2, -0.15) is 0 Å². The van der Waals surface area contributed by atoms with Crippen LogP contribution in [0.15, 0.2) is 22.7 Å². The predicted molar refractivity (Wildman–Crippen MR) is 77.3 cm³/mol. The maximum atomic E-state index is 3.54. The lowest BCUT2D eigenvalue weighted by Crippen LogP contribution is -2.35. The van der Waals surface area contributed by atoms with Crippen molar-refractivity contribution in [3.63, 3.8) is 0 Å². The molecule has 0 amide bonds. The van der Waals surface area contributed by atoms with E-state index in [1.165, 1.54) is 22.2 Å². The second-order valence-corrected chi connectivity index (χ2v) is 6.44. The lowest BCUT2D eigenvalue weighted by molar-refractivity contribution is 0.424. The molecule has 17 heavy (non-hydrogen) atoms. The van der Waals surface area contributed by atoms with E-state index in [1.54, 1.807) is 0 Å². The zero-order chi connectivity index (χ0) is 12.6. The molecular formula is C14H19BrN2. The maximum Gasteiger partial charge on any atom is 0.0460 e. The van der Waals surface area contributed by atoms with Gasteiger partial charge in [0.1, 0.15) is 0 Å². The molecule has 1 heterocycles. The minimum Gasteiger partial charge on any atom is -0.358 e. The average Bonchev–Trinajstić information content (AvgIpc) is 2.49. The molecule has 3 heteroatoms. The zero-order valence-electron chi connectivity index (χ0n) is 10.8. The molecule has 2 rings (SSSR count). The van der Waals surface area contributed by atoms with Crippen molar-refractivity contribution in [2.75, 3.05) is 0 Å². The van der Waals surface area contributed by atoms with Crippen molar-refractivity contribution in [1.29, 1.82) is 0 Å². The molecule has 0 aliphatic heterocycles. The summed E-state index contributed by atoms with van der Waals surface area (Å²) in [5.41, 5.74) is 3.95. The smallest absolute Gasteiger partial charge is 0.0460 e. The fourth-order valence-electron chi connectivity index (χ4n) is 1.94. The molecule has 0 saturated carbocycles. The summed E-state index contributed by atoms with van der Waals surface area (Å²) in [5, 5.41) is 4.84. The van der Waals surface area contributed by atoms with Crippen LogP contribution in [0.25, 0.3) is 10.9 Å². The van der Waals surface area contributed by atoms with Crippen LogP contribution in [-0.4, -0.2) is 10.5 Å². The second-order valence-electron chi connectivity index (χ2n) is 5.52. The number of rotatable bonds is 2. The minimum atomic E-state index is 0.141. The van der Waals surface area contributed by atoms with Crippen molar-refractivity contribution in [2.24, 2.45) is 0 Å². The van der Waals surface area contributed by atoms with Gasteiger partial charge in [-0.15, -0.1) is 0 Å². The number of nitrogens with one attached hydrogen (secondary N) is 2. The molecule has 2 aromatic rings. The highest BCUT2D eigenvalue weighted by atomic mass is 79.9. The molecule has 0 spiro atoms. The van der Waals surface area contributed by atoms with Gasteiger partial charge in [-0.05, 0) is 51.5 Å². The van der Waals surface area contributed by atoms with Crippen LogP contribution in [0.4, 0.5) is 0 Å². The van der Waals surface area contributed by atoms with Crippen LogP contribution < -0.4 is 5.32 Å². The molecule has 1 aromatic heterocycles. The van der Waals surface area contributed by atoms with Crippen molar-refractivity contribution < 1.29 is 0 Å². The average molecular weight is 295 g/mol. The number of hydrogen-bond donors (Lipinski definition) is 2. The minimum absolute atomic E-state index is 0.141. The Morgan fingerprint density at radius 3 is 2.65 bits per heavy atom. The highest BCUT2D eigenvalue weighted by molar-refractivity contribution is 9.10. The van der Waals surface area contributed by atoms with E-state index in [4.69, 9.17) is 0 Å². The summed E-state index contributed by atoms with van der Waals surface area (Å²) in [6.07, 6.45) is 0. The normalized spacial score (nSPS) is 12.3. The van der Waals surface area contributed by atoms with Gasteiger partial charge < -0.3 is 10.3 Å². The fourth-order valence-corrected chi connectivity index (χ4v) is 2.30. The fraction of sp³-hybridized carbons (Fsp3) is 0.429. The number of H-pyrrole nitrogens is 1. The third-order valence-electron chi connectivity index (χ3n) is 2.88. The zero-order valence-corrected chi connectivity index (χ0v) is 12.4. The van der Waals surface area contributed by atoms with E-state index in [0.29, 0.717) is 0 Å². The summed E-state index contributed by atoms with van der Waals surface area (Å²) >= 11 is 3.53. The molecule has 0 radical (unpaired) electrons. The number of benzene rings is 1. The molecule has 0 aliphatic carbocycles. The number of halogens is 1. The van der Waals surface area contributed by atoms with E-state index in [9.17, 15) is 0 Å². The molecular weight excluding hydrogens is 276 g/mol. The molecule has 0 unspecified atom stereocenters. The van der Waals surface area contributed by atoms with Crippen LogP contribution in [0.3, 0.4) is 0 Å².